The maximum Gasteiger partial charge on any atom is 0.416 e. The molecule has 2 N–H and O–H groups in total. The molecule has 0 unspecified atom stereocenters. The summed E-state index contributed by atoms with van der Waals surface area (Å²) in [5, 5.41) is 2.45. The molecule has 0 fully saturated rings. The minimum atomic E-state index is -4.73. The number of carbonyl (C=O) groups is 1. The Hall–Kier alpha value is -3.49. The second kappa shape index (κ2) is 10.1. The van der Waals surface area contributed by atoms with Crippen LogP contribution < -0.4 is 15.6 Å². The highest BCUT2D eigenvalue weighted by Crippen LogP contribution is 2.30. The summed E-state index contributed by atoms with van der Waals surface area (Å²) < 4.78 is 91.1. The molecule has 0 radical (unpaired) electrons. The van der Waals surface area contributed by atoms with Crippen LogP contribution >= 0.6 is 0 Å². The highest BCUT2D eigenvalue weighted by molar-refractivity contribution is 7.90. The number of amides is 1. The molecule has 0 saturated heterocycles. The third-order valence-electron chi connectivity index (χ3n) is 5.44. The van der Waals surface area contributed by atoms with Gasteiger partial charge in [0.15, 0.2) is 9.84 Å². The van der Waals surface area contributed by atoms with Crippen molar-refractivity contribution in [3.63, 3.8) is 0 Å². The van der Waals surface area contributed by atoms with Crippen LogP contribution in [0.15, 0.2) is 69.2 Å². The van der Waals surface area contributed by atoms with Crippen LogP contribution in [0.2, 0.25) is 0 Å². The number of aromatic nitrogens is 1. The van der Waals surface area contributed by atoms with Crippen molar-refractivity contribution < 1.29 is 34.8 Å². The molecule has 0 spiro atoms. The van der Waals surface area contributed by atoms with Crippen molar-refractivity contribution in [3.8, 4) is 5.69 Å². The molecular weight excluding hydrogens is 535 g/mol. The minimum absolute atomic E-state index is 0.0620. The summed E-state index contributed by atoms with van der Waals surface area (Å²) >= 11 is 0. The number of benzene rings is 2. The lowest BCUT2D eigenvalue weighted by Gasteiger charge is -2.17. The van der Waals surface area contributed by atoms with E-state index in [0.717, 1.165) is 36.1 Å². The molecule has 1 aromatic heterocycles. The Balaban J connectivity index is 2.09. The van der Waals surface area contributed by atoms with Crippen LogP contribution in [0, 0.1) is 6.92 Å². The van der Waals surface area contributed by atoms with Crippen molar-refractivity contribution in [1.29, 1.82) is 0 Å². The number of rotatable bonds is 7. The lowest BCUT2D eigenvalue weighted by atomic mass is 10.1. The van der Waals surface area contributed by atoms with Crippen LogP contribution in [-0.4, -0.2) is 40.6 Å². The molecule has 198 valence electrons. The Bertz CT molecular complexity index is 1630. The number of hydrogen-bond donors (Lipinski definition) is 2. The van der Waals surface area contributed by atoms with Crippen LogP contribution in [-0.2, 0) is 32.6 Å². The van der Waals surface area contributed by atoms with Crippen molar-refractivity contribution >= 4 is 25.8 Å². The zero-order valence-corrected chi connectivity index (χ0v) is 21.4. The highest BCUT2D eigenvalue weighted by Gasteiger charge is 2.31. The van der Waals surface area contributed by atoms with Gasteiger partial charge in [0.1, 0.15) is 10.5 Å². The molecule has 0 atom stereocenters. The smallest absolute Gasteiger partial charge is 0.348 e. The van der Waals surface area contributed by atoms with Crippen molar-refractivity contribution in [2.75, 3.05) is 13.3 Å². The topological polar surface area (TPSA) is 131 Å². The summed E-state index contributed by atoms with van der Waals surface area (Å²) in [7, 11) is -6.55. The molecule has 2 aromatic carbocycles. The van der Waals surface area contributed by atoms with E-state index in [1.165, 1.54) is 37.3 Å². The maximum atomic E-state index is 13.3. The Morgan fingerprint density at radius 3 is 2.16 bits per heavy atom. The van der Waals surface area contributed by atoms with Gasteiger partial charge in [0, 0.05) is 24.2 Å². The molecule has 0 aliphatic heterocycles. The third kappa shape index (κ3) is 6.09. The summed E-state index contributed by atoms with van der Waals surface area (Å²) in [6.45, 7) is 1.09. The second-order valence-electron chi connectivity index (χ2n) is 8.00. The minimum Gasteiger partial charge on any atom is -0.348 e. The first kappa shape index (κ1) is 28.1. The van der Waals surface area contributed by atoms with Gasteiger partial charge in [0.2, 0.25) is 10.0 Å². The number of nitrogens with one attached hydrogen (secondary N) is 2. The fourth-order valence-corrected chi connectivity index (χ4v) is 5.09. The van der Waals surface area contributed by atoms with Gasteiger partial charge in [-0.05, 0) is 55.9 Å². The largest absolute Gasteiger partial charge is 0.416 e. The summed E-state index contributed by atoms with van der Waals surface area (Å²) in [6, 6.07) is 10.1. The molecule has 1 amide bonds. The molecule has 0 saturated carbocycles. The van der Waals surface area contributed by atoms with Gasteiger partial charge >= 0.3 is 6.18 Å². The van der Waals surface area contributed by atoms with Crippen LogP contribution in [0.3, 0.4) is 0 Å². The van der Waals surface area contributed by atoms with Crippen molar-refractivity contribution in [3.05, 3.63) is 87.3 Å². The fraction of sp³-hybridized carbons (Fsp3) is 0.217. The van der Waals surface area contributed by atoms with Crippen LogP contribution in [0.4, 0.5) is 13.2 Å². The maximum absolute atomic E-state index is 13.3. The molecule has 37 heavy (non-hydrogen) atoms. The van der Waals surface area contributed by atoms with Crippen LogP contribution in [0.1, 0.15) is 27.2 Å². The summed E-state index contributed by atoms with van der Waals surface area (Å²) in [5.74, 6) is -0.981. The van der Waals surface area contributed by atoms with E-state index in [4.69, 9.17) is 0 Å². The summed E-state index contributed by atoms with van der Waals surface area (Å²) in [6.07, 6.45) is -3.69. The average Bonchev–Trinajstić information content (AvgIpc) is 2.82. The van der Waals surface area contributed by atoms with E-state index in [0.29, 0.717) is 11.6 Å². The molecule has 1 heterocycles. The van der Waals surface area contributed by atoms with Crippen LogP contribution in [0.5, 0.6) is 0 Å². The lowest BCUT2D eigenvalue weighted by Crippen LogP contribution is -2.35. The highest BCUT2D eigenvalue weighted by atomic mass is 32.2. The molecule has 3 rings (SSSR count). The first-order valence-electron chi connectivity index (χ1n) is 10.5. The number of hydrogen-bond acceptors (Lipinski definition) is 6. The lowest BCUT2D eigenvalue weighted by molar-refractivity contribution is -0.137. The number of sulfone groups is 1. The van der Waals surface area contributed by atoms with Gasteiger partial charge in [-0.1, -0.05) is 18.2 Å². The molecule has 9 nitrogen and oxygen atoms in total. The molecule has 0 aliphatic rings. The van der Waals surface area contributed by atoms with Crippen molar-refractivity contribution in [2.24, 2.45) is 0 Å². The number of pyridine rings is 1. The predicted octanol–water partition coefficient (Wildman–Crippen LogP) is 2.41. The van der Waals surface area contributed by atoms with Gasteiger partial charge in [0.05, 0.1) is 10.5 Å². The molecular formula is C23H22F3N3O6S2. The predicted molar refractivity (Wildman–Crippen MR) is 129 cm³/mol. The Labute approximate surface area is 210 Å². The van der Waals surface area contributed by atoms with Gasteiger partial charge < -0.3 is 5.32 Å². The Morgan fingerprint density at radius 2 is 1.62 bits per heavy atom. The van der Waals surface area contributed by atoms with E-state index in [1.807, 2.05) is 0 Å². The van der Waals surface area contributed by atoms with Crippen molar-refractivity contribution in [2.45, 2.75) is 29.4 Å². The first-order valence-corrected chi connectivity index (χ1v) is 13.9. The number of halogens is 3. The second-order valence-corrected chi connectivity index (χ2v) is 11.9. The molecule has 3 aromatic rings. The van der Waals surface area contributed by atoms with Gasteiger partial charge in [-0.25, -0.2) is 21.6 Å². The fourth-order valence-electron chi connectivity index (χ4n) is 3.49. The summed E-state index contributed by atoms with van der Waals surface area (Å²) in [5.41, 5.74) is -2.72. The standard InChI is InChI=1S/C23H22F3N3O6S2/c1-14-20(37(34,35)27-2)12-19(21(30)28-13-15-7-9-18(10-8-15)36(3,32)33)22(31)29(14)17-6-4-5-16(11-17)23(24,25)26/h4-12,27H,13H2,1-3H3,(H,28,30). The van der Waals surface area contributed by atoms with E-state index in [9.17, 15) is 39.6 Å². The van der Waals surface area contributed by atoms with E-state index in [1.54, 1.807) is 0 Å². The quantitative estimate of drug-likeness (QED) is 0.459. The normalized spacial score (nSPS) is 12.4. The number of nitrogens with zero attached hydrogens (tertiary/aromatic N) is 1. The van der Waals surface area contributed by atoms with Gasteiger partial charge in [0.25, 0.3) is 11.5 Å². The zero-order valence-electron chi connectivity index (χ0n) is 19.8. The number of alkyl halides is 3. The molecule has 0 bridgehead atoms. The zero-order chi connectivity index (χ0) is 27.8. The van der Waals surface area contributed by atoms with Gasteiger partial charge in [-0.3, -0.25) is 14.2 Å². The van der Waals surface area contributed by atoms with E-state index in [2.05, 4.69) is 10.0 Å². The monoisotopic (exact) mass is 557 g/mol. The van der Waals surface area contributed by atoms with Crippen molar-refractivity contribution in [1.82, 2.24) is 14.6 Å². The first-order chi connectivity index (χ1) is 17.1. The average molecular weight is 558 g/mol. The Morgan fingerprint density at radius 1 is 1.00 bits per heavy atom. The van der Waals surface area contributed by atoms with Gasteiger partial charge in [-0.15, -0.1) is 0 Å². The molecule has 14 heteroatoms. The Kier molecular flexibility index (Phi) is 7.67. The molecule has 0 aliphatic carbocycles. The number of sulfonamides is 1. The summed E-state index contributed by atoms with van der Waals surface area (Å²) in [4.78, 5) is 25.8. The van der Waals surface area contributed by atoms with E-state index >= 15 is 0 Å². The van der Waals surface area contributed by atoms with E-state index in [-0.39, 0.29) is 22.8 Å². The number of carbonyl (C=O) groups excluding carboxylic acids is 1. The SMILES string of the molecule is CNS(=O)(=O)c1cc(C(=O)NCc2ccc(S(C)(=O)=O)cc2)c(=O)n(-c2cccc(C(F)(F)F)c2)c1C. The van der Waals surface area contributed by atoms with Crippen LogP contribution in [0.25, 0.3) is 5.69 Å². The van der Waals surface area contributed by atoms with E-state index < -0.39 is 53.5 Å². The third-order valence-corrected chi connectivity index (χ3v) is 8.10. The van der Waals surface area contributed by atoms with Gasteiger partial charge in [-0.2, -0.15) is 13.2 Å².